The van der Waals surface area contributed by atoms with Crippen molar-refractivity contribution in [3.8, 4) is 0 Å². The molecular weight excluding hydrogens is 234 g/mol. The summed E-state index contributed by atoms with van der Waals surface area (Å²) in [5.41, 5.74) is 2.36. The molecule has 2 unspecified atom stereocenters. The number of benzene rings is 1. The summed E-state index contributed by atoms with van der Waals surface area (Å²) >= 11 is 0. The average Bonchev–Trinajstić information content (AvgIpc) is 2.41. The minimum atomic E-state index is 0.257. The fraction of sp³-hybridized carbons (Fsp3) is 0.588. The van der Waals surface area contributed by atoms with Crippen LogP contribution in [0.25, 0.3) is 0 Å². The van der Waals surface area contributed by atoms with Crippen LogP contribution in [-0.4, -0.2) is 23.9 Å². The second kappa shape index (κ2) is 6.23. The van der Waals surface area contributed by atoms with E-state index in [-0.39, 0.29) is 5.91 Å². The maximum absolute atomic E-state index is 12.4. The Morgan fingerprint density at radius 2 is 1.95 bits per heavy atom. The summed E-state index contributed by atoms with van der Waals surface area (Å²) in [6, 6.07) is 8.61. The van der Waals surface area contributed by atoms with Gasteiger partial charge in [0.2, 0.25) is 5.91 Å². The summed E-state index contributed by atoms with van der Waals surface area (Å²) < 4.78 is 0. The van der Waals surface area contributed by atoms with Crippen molar-refractivity contribution in [1.82, 2.24) is 4.90 Å². The van der Waals surface area contributed by atoms with Crippen LogP contribution < -0.4 is 0 Å². The fourth-order valence-corrected chi connectivity index (χ4v) is 3.15. The van der Waals surface area contributed by atoms with Crippen LogP contribution >= 0.6 is 0 Å². The molecule has 1 amide bonds. The Morgan fingerprint density at radius 3 is 2.63 bits per heavy atom. The third kappa shape index (κ3) is 3.37. The van der Waals surface area contributed by atoms with Crippen molar-refractivity contribution >= 4 is 5.91 Å². The van der Waals surface area contributed by atoms with Crippen LogP contribution in [-0.2, 0) is 11.2 Å². The monoisotopic (exact) mass is 259 g/mol. The molecule has 0 radical (unpaired) electrons. The quantitative estimate of drug-likeness (QED) is 0.812. The van der Waals surface area contributed by atoms with E-state index < -0.39 is 0 Å². The number of likely N-dealkylation sites (N-methyl/N-ethyl adjacent to an activating group) is 1. The maximum Gasteiger partial charge on any atom is 0.227 e. The van der Waals surface area contributed by atoms with Gasteiger partial charge in [-0.1, -0.05) is 44.0 Å². The van der Waals surface area contributed by atoms with Gasteiger partial charge in [-0.25, -0.2) is 0 Å². The van der Waals surface area contributed by atoms with E-state index in [2.05, 4.69) is 26.0 Å². The Morgan fingerprint density at radius 1 is 1.26 bits per heavy atom. The number of hydrogen-bond acceptors (Lipinski definition) is 1. The zero-order chi connectivity index (χ0) is 13.8. The van der Waals surface area contributed by atoms with E-state index in [4.69, 9.17) is 0 Å². The SMILES string of the molecule is Cc1ccccc1CC(=O)N(C)C1CCCCC1C. The van der Waals surface area contributed by atoms with Crippen molar-refractivity contribution in [3.63, 3.8) is 0 Å². The molecule has 1 aliphatic rings. The van der Waals surface area contributed by atoms with Gasteiger partial charge in [0.05, 0.1) is 6.42 Å². The number of aryl methyl sites for hydroxylation is 1. The van der Waals surface area contributed by atoms with E-state index in [0.29, 0.717) is 18.4 Å². The minimum Gasteiger partial charge on any atom is -0.342 e. The van der Waals surface area contributed by atoms with Gasteiger partial charge in [-0.15, -0.1) is 0 Å². The second-order valence-electron chi connectivity index (χ2n) is 5.94. The minimum absolute atomic E-state index is 0.257. The smallest absolute Gasteiger partial charge is 0.227 e. The number of rotatable bonds is 3. The molecule has 1 aromatic carbocycles. The van der Waals surface area contributed by atoms with Crippen LogP contribution in [0.1, 0.15) is 43.7 Å². The highest BCUT2D eigenvalue weighted by Gasteiger charge is 2.27. The van der Waals surface area contributed by atoms with Crippen molar-refractivity contribution < 1.29 is 4.79 Å². The van der Waals surface area contributed by atoms with E-state index >= 15 is 0 Å². The highest BCUT2D eigenvalue weighted by molar-refractivity contribution is 5.79. The van der Waals surface area contributed by atoms with Crippen LogP contribution in [0.15, 0.2) is 24.3 Å². The first kappa shape index (κ1) is 14.1. The van der Waals surface area contributed by atoms with Crippen LogP contribution in [0.2, 0.25) is 0 Å². The number of nitrogens with zero attached hydrogens (tertiary/aromatic N) is 1. The Kier molecular flexibility index (Phi) is 4.62. The molecule has 1 fully saturated rings. The number of amides is 1. The van der Waals surface area contributed by atoms with E-state index in [0.717, 1.165) is 12.0 Å². The van der Waals surface area contributed by atoms with Gasteiger partial charge in [0.25, 0.3) is 0 Å². The lowest BCUT2D eigenvalue weighted by atomic mass is 9.85. The predicted octanol–water partition coefficient (Wildman–Crippen LogP) is 3.57. The van der Waals surface area contributed by atoms with Crippen LogP contribution in [0.3, 0.4) is 0 Å². The summed E-state index contributed by atoms with van der Waals surface area (Å²) in [6.07, 6.45) is 5.53. The summed E-state index contributed by atoms with van der Waals surface area (Å²) in [4.78, 5) is 14.4. The lowest BCUT2D eigenvalue weighted by molar-refractivity contribution is -0.132. The molecule has 104 valence electrons. The molecule has 1 aliphatic carbocycles. The topological polar surface area (TPSA) is 20.3 Å². The van der Waals surface area contributed by atoms with E-state index in [1.807, 2.05) is 24.1 Å². The molecule has 2 nitrogen and oxygen atoms in total. The average molecular weight is 259 g/mol. The fourth-order valence-electron chi connectivity index (χ4n) is 3.15. The third-order valence-corrected chi connectivity index (χ3v) is 4.56. The second-order valence-corrected chi connectivity index (χ2v) is 5.94. The van der Waals surface area contributed by atoms with E-state index in [1.54, 1.807) is 0 Å². The lowest BCUT2D eigenvalue weighted by Crippen LogP contribution is -2.43. The molecule has 2 atom stereocenters. The highest BCUT2D eigenvalue weighted by Crippen LogP contribution is 2.27. The Labute approximate surface area is 116 Å². The molecule has 0 bridgehead atoms. The Balaban J connectivity index is 2.01. The maximum atomic E-state index is 12.4. The first-order valence-corrected chi connectivity index (χ1v) is 7.39. The van der Waals surface area contributed by atoms with Gasteiger partial charge in [-0.05, 0) is 36.8 Å². The normalized spacial score (nSPS) is 23.1. The number of carbonyl (C=O) groups excluding carboxylic acids is 1. The molecule has 0 saturated heterocycles. The van der Waals surface area contributed by atoms with Crippen molar-refractivity contribution in [2.75, 3.05) is 7.05 Å². The largest absolute Gasteiger partial charge is 0.342 e. The van der Waals surface area contributed by atoms with Gasteiger partial charge in [0.15, 0.2) is 0 Å². The predicted molar refractivity (Wildman–Crippen MR) is 79.1 cm³/mol. The Bertz CT molecular complexity index is 441. The Hall–Kier alpha value is -1.31. The summed E-state index contributed by atoms with van der Waals surface area (Å²) in [7, 11) is 1.98. The molecule has 0 spiro atoms. The van der Waals surface area contributed by atoms with Crippen molar-refractivity contribution in [2.45, 2.75) is 52.0 Å². The molecule has 0 aromatic heterocycles. The van der Waals surface area contributed by atoms with E-state index in [1.165, 1.54) is 24.8 Å². The number of carbonyl (C=O) groups is 1. The molecular formula is C17H25NO. The van der Waals surface area contributed by atoms with Gasteiger partial charge in [-0.2, -0.15) is 0 Å². The van der Waals surface area contributed by atoms with Gasteiger partial charge in [-0.3, -0.25) is 4.79 Å². The molecule has 19 heavy (non-hydrogen) atoms. The van der Waals surface area contributed by atoms with Gasteiger partial charge < -0.3 is 4.90 Å². The van der Waals surface area contributed by atoms with Crippen LogP contribution in [0, 0.1) is 12.8 Å². The zero-order valence-corrected chi connectivity index (χ0v) is 12.4. The van der Waals surface area contributed by atoms with Crippen molar-refractivity contribution in [3.05, 3.63) is 35.4 Å². The van der Waals surface area contributed by atoms with Gasteiger partial charge in [0, 0.05) is 13.1 Å². The van der Waals surface area contributed by atoms with Crippen LogP contribution in [0.5, 0.6) is 0 Å². The van der Waals surface area contributed by atoms with Gasteiger partial charge in [0.1, 0.15) is 0 Å². The molecule has 0 N–H and O–H groups in total. The van der Waals surface area contributed by atoms with Gasteiger partial charge >= 0.3 is 0 Å². The molecule has 2 heteroatoms. The van der Waals surface area contributed by atoms with Crippen molar-refractivity contribution in [2.24, 2.45) is 5.92 Å². The molecule has 0 heterocycles. The molecule has 1 saturated carbocycles. The molecule has 1 aromatic rings. The summed E-state index contributed by atoms with van der Waals surface area (Å²) in [5, 5.41) is 0. The standard InChI is InChI=1S/C17H25NO/c1-13-8-4-6-10-15(13)12-17(19)18(3)16-11-7-5-9-14(16)2/h4,6,8,10,14,16H,5,7,9,11-12H2,1-3H3. The molecule has 2 rings (SSSR count). The molecule has 0 aliphatic heterocycles. The first-order valence-electron chi connectivity index (χ1n) is 7.39. The summed E-state index contributed by atoms with van der Waals surface area (Å²) in [6.45, 7) is 4.35. The van der Waals surface area contributed by atoms with E-state index in [9.17, 15) is 4.79 Å². The van der Waals surface area contributed by atoms with Crippen molar-refractivity contribution in [1.29, 1.82) is 0 Å². The lowest BCUT2D eigenvalue weighted by Gasteiger charge is -2.36. The zero-order valence-electron chi connectivity index (χ0n) is 12.4. The summed E-state index contributed by atoms with van der Waals surface area (Å²) in [5.74, 6) is 0.896. The first-order chi connectivity index (χ1) is 9.09. The third-order valence-electron chi connectivity index (χ3n) is 4.56. The highest BCUT2D eigenvalue weighted by atomic mass is 16.2. The van der Waals surface area contributed by atoms with Crippen LogP contribution in [0.4, 0.5) is 0 Å². The number of hydrogen-bond donors (Lipinski definition) is 0.